The van der Waals surface area contributed by atoms with Crippen LogP contribution >= 0.6 is 0 Å². The molecule has 1 aromatic rings. The van der Waals surface area contributed by atoms with Crippen molar-refractivity contribution in [3.63, 3.8) is 0 Å². The van der Waals surface area contributed by atoms with E-state index in [2.05, 4.69) is 10.7 Å². The predicted octanol–water partition coefficient (Wildman–Crippen LogP) is 1.05. The number of nitrogen functional groups attached to an aromatic ring is 1. The molecule has 0 aliphatic carbocycles. The fourth-order valence-corrected chi connectivity index (χ4v) is 1.49. The van der Waals surface area contributed by atoms with Crippen LogP contribution in [0.2, 0.25) is 0 Å². The van der Waals surface area contributed by atoms with Crippen LogP contribution in [0.25, 0.3) is 0 Å². The first-order valence-corrected chi connectivity index (χ1v) is 5.53. The molecule has 0 heterocycles. The number of methoxy groups -OCH3 is 1. The molecule has 5 nitrogen and oxygen atoms in total. The second-order valence-corrected chi connectivity index (χ2v) is 3.80. The molecule has 1 amide bonds. The molecule has 0 saturated carbocycles. The maximum Gasteiger partial charge on any atom is 0.253 e. The van der Waals surface area contributed by atoms with E-state index in [1.54, 1.807) is 19.2 Å². The number of rotatable bonds is 6. The maximum atomic E-state index is 11.9. The van der Waals surface area contributed by atoms with Gasteiger partial charge in [-0.05, 0) is 25.5 Å². The molecule has 4 N–H and O–H groups in total. The van der Waals surface area contributed by atoms with Gasteiger partial charge in [0.2, 0.25) is 0 Å². The Balaban J connectivity index is 2.64. The molecule has 0 unspecified atom stereocenters. The number of carbonyl (C=O) groups excluding carboxylic acids is 1. The molecule has 0 fully saturated rings. The second-order valence-electron chi connectivity index (χ2n) is 3.80. The lowest BCUT2D eigenvalue weighted by Gasteiger charge is -2.10. The first-order valence-electron chi connectivity index (χ1n) is 5.53. The van der Waals surface area contributed by atoms with E-state index >= 15 is 0 Å². The minimum atomic E-state index is -0.127. The van der Waals surface area contributed by atoms with Crippen molar-refractivity contribution in [3.05, 3.63) is 29.3 Å². The van der Waals surface area contributed by atoms with Gasteiger partial charge in [-0.2, -0.15) is 0 Å². The van der Waals surface area contributed by atoms with Crippen molar-refractivity contribution in [2.45, 2.75) is 13.3 Å². The highest BCUT2D eigenvalue weighted by molar-refractivity contribution is 5.99. The lowest BCUT2D eigenvalue weighted by Crippen LogP contribution is -2.26. The molecule has 1 rings (SSSR count). The minimum absolute atomic E-state index is 0.127. The van der Waals surface area contributed by atoms with Gasteiger partial charge >= 0.3 is 0 Å². The van der Waals surface area contributed by atoms with Gasteiger partial charge in [0, 0.05) is 20.3 Å². The Bertz CT molecular complexity index is 380. The van der Waals surface area contributed by atoms with E-state index in [0.29, 0.717) is 24.4 Å². The van der Waals surface area contributed by atoms with Crippen LogP contribution in [0.5, 0.6) is 0 Å². The molecular weight excluding hydrogens is 218 g/mol. The third kappa shape index (κ3) is 4.05. The number of ether oxygens (including phenoxy) is 1. The summed E-state index contributed by atoms with van der Waals surface area (Å²) in [6.07, 6.45) is 0.791. The Morgan fingerprint density at radius 1 is 1.47 bits per heavy atom. The highest BCUT2D eigenvalue weighted by Gasteiger charge is 2.10. The largest absolute Gasteiger partial charge is 0.385 e. The Labute approximate surface area is 101 Å². The van der Waals surface area contributed by atoms with Crippen molar-refractivity contribution in [2.24, 2.45) is 5.84 Å². The molecule has 0 atom stereocenters. The third-order valence-corrected chi connectivity index (χ3v) is 2.39. The summed E-state index contributed by atoms with van der Waals surface area (Å²) in [4.78, 5) is 11.9. The summed E-state index contributed by atoms with van der Waals surface area (Å²) in [6.45, 7) is 3.16. The van der Waals surface area contributed by atoms with Crippen LogP contribution in [0.15, 0.2) is 18.2 Å². The van der Waals surface area contributed by atoms with Crippen molar-refractivity contribution < 1.29 is 9.53 Å². The van der Waals surface area contributed by atoms with Crippen LogP contribution in [-0.2, 0) is 4.74 Å². The Morgan fingerprint density at radius 3 is 2.88 bits per heavy atom. The summed E-state index contributed by atoms with van der Waals surface area (Å²) >= 11 is 0. The molecule has 0 radical (unpaired) electrons. The molecule has 0 aliphatic rings. The van der Waals surface area contributed by atoms with E-state index in [1.165, 1.54) is 0 Å². The van der Waals surface area contributed by atoms with Gasteiger partial charge in [0.15, 0.2) is 0 Å². The van der Waals surface area contributed by atoms with Gasteiger partial charge < -0.3 is 15.5 Å². The minimum Gasteiger partial charge on any atom is -0.385 e. The molecule has 5 heteroatoms. The number of amides is 1. The summed E-state index contributed by atoms with van der Waals surface area (Å²) in [5.74, 6) is 5.24. The molecule has 0 spiro atoms. The fraction of sp³-hybridized carbons (Fsp3) is 0.417. The zero-order chi connectivity index (χ0) is 12.7. The molecule has 0 aliphatic heterocycles. The highest BCUT2D eigenvalue weighted by atomic mass is 16.5. The zero-order valence-corrected chi connectivity index (χ0v) is 10.2. The van der Waals surface area contributed by atoms with Crippen LogP contribution in [0, 0.1) is 6.92 Å². The van der Waals surface area contributed by atoms with Gasteiger partial charge in [-0.3, -0.25) is 10.6 Å². The Hall–Kier alpha value is -1.59. The van der Waals surface area contributed by atoms with E-state index < -0.39 is 0 Å². The smallest absolute Gasteiger partial charge is 0.253 e. The van der Waals surface area contributed by atoms with Gasteiger partial charge in [0.25, 0.3) is 5.91 Å². The summed E-state index contributed by atoms with van der Waals surface area (Å²) in [5.41, 5.74) is 4.72. The normalized spacial score (nSPS) is 10.1. The number of aryl methyl sites for hydroxylation is 1. The second kappa shape index (κ2) is 6.88. The fourth-order valence-electron chi connectivity index (χ4n) is 1.49. The Kier molecular flexibility index (Phi) is 5.45. The maximum absolute atomic E-state index is 11.9. The summed E-state index contributed by atoms with van der Waals surface area (Å²) in [7, 11) is 1.64. The predicted molar refractivity (Wildman–Crippen MR) is 67.8 cm³/mol. The van der Waals surface area contributed by atoms with Crippen molar-refractivity contribution in [1.82, 2.24) is 5.32 Å². The van der Waals surface area contributed by atoms with Gasteiger partial charge in [0.05, 0.1) is 11.3 Å². The van der Waals surface area contributed by atoms with Crippen molar-refractivity contribution in [2.75, 3.05) is 25.7 Å². The van der Waals surface area contributed by atoms with Gasteiger partial charge in [0.1, 0.15) is 0 Å². The number of hydrogen-bond acceptors (Lipinski definition) is 4. The quantitative estimate of drug-likeness (QED) is 0.392. The van der Waals surface area contributed by atoms with Crippen LogP contribution in [0.3, 0.4) is 0 Å². The Morgan fingerprint density at radius 2 is 2.24 bits per heavy atom. The molecule has 94 valence electrons. The van der Waals surface area contributed by atoms with Crippen molar-refractivity contribution in [3.8, 4) is 0 Å². The number of hydrazine groups is 1. The molecular formula is C12H19N3O2. The standard InChI is InChI=1S/C12H19N3O2/c1-9-4-5-11(15-13)10(8-9)12(16)14-6-3-7-17-2/h4-5,8,15H,3,6-7,13H2,1-2H3,(H,14,16). The molecule has 1 aromatic carbocycles. The van der Waals surface area contributed by atoms with E-state index in [1.807, 2.05) is 13.0 Å². The van der Waals surface area contributed by atoms with Gasteiger partial charge in [-0.25, -0.2) is 0 Å². The SMILES string of the molecule is COCCCNC(=O)c1cc(C)ccc1NN. The monoisotopic (exact) mass is 237 g/mol. The summed E-state index contributed by atoms with van der Waals surface area (Å²) in [6, 6.07) is 5.50. The number of benzene rings is 1. The number of nitrogens with one attached hydrogen (secondary N) is 2. The molecule has 0 saturated heterocycles. The van der Waals surface area contributed by atoms with E-state index in [4.69, 9.17) is 10.6 Å². The number of hydrogen-bond donors (Lipinski definition) is 3. The third-order valence-electron chi connectivity index (χ3n) is 2.39. The number of nitrogens with two attached hydrogens (primary N) is 1. The summed E-state index contributed by atoms with van der Waals surface area (Å²) in [5, 5.41) is 2.82. The number of carbonyl (C=O) groups is 1. The first kappa shape index (κ1) is 13.5. The van der Waals surface area contributed by atoms with Crippen molar-refractivity contribution >= 4 is 11.6 Å². The number of anilines is 1. The molecule has 0 bridgehead atoms. The average Bonchev–Trinajstić information content (AvgIpc) is 2.34. The van der Waals surface area contributed by atoms with Crippen LogP contribution < -0.4 is 16.6 Å². The van der Waals surface area contributed by atoms with E-state index in [0.717, 1.165) is 12.0 Å². The average molecular weight is 237 g/mol. The topological polar surface area (TPSA) is 76.4 Å². The van der Waals surface area contributed by atoms with Gasteiger partial charge in [-0.15, -0.1) is 0 Å². The van der Waals surface area contributed by atoms with E-state index in [-0.39, 0.29) is 5.91 Å². The van der Waals surface area contributed by atoms with Crippen molar-refractivity contribution in [1.29, 1.82) is 0 Å². The lowest BCUT2D eigenvalue weighted by atomic mass is 10.1. The van der Waals surface area contributed by atoms with Crippen LogP contribution in [-0.4, -0.2) is 26.2 Å². The van der Waals surface area contributed by atoms with E-state index in [9.17, 15) is 4.79 Å². The molecule has 17 heavy (non-hydrogen) atoms. The van der Waals surface area contributed by atoms with Gasteiger partial charge in [-0.1, -0.05) is 11.6 Å². The zero-order valence-electron chi connectivity index (χ0n) is 10.2. The van der Waals surface area contributed by atoms with Crippen LogP contribution in [0.4, 0.5) is 5.69 Å². The first-order chi connectivity index (χ1) is 8.19. The molecule has 0 aromatic heterocycles. The summed E-state index contributed by atoms with van der Waals surface area (Å²) < 4.78 is 4.91. The van der Waals surface area contributed by atoms with Crippen LogP contribution in [0.1, 0.15) is 22.3 Å². The highest BCUT2D eigenvalue weighted by Crippen LogP contribution is 2.15. The lowest BCUT2D eigenvalue weighted by molar-refractivity contribution is 0.0949.